The van der Waals surface area contributed by atoms with Gasteiger partial charge >= 0.3 is 0 Å². The Morgan fingerprint density at radius 2 is 2.00 bits per heavy atom. The van der Waals surface area contributed by atoms with Gasteiger partial charge in [-0.3, -0.25) is 9.69 Å². The molecule has 1 aliphatic carbocycles. The van der Waals surface area contributed by atoms with Crippen LogP contribution in [0.1, 0.15) is 36.9 Å². The van der Waals surface area contributed by atoms with Crippen LogP contribution in [0, 0.1) is 0 Å². The molecule has 3 heterocycles. The van der Waals surface area contributed by atoms with E-state index in [1.54, 1.807) is 0 Å². The van der Waals surface area contributed by atoms with Gasteiger partial charge < -0.3 is 9.80 Å². The first-order valence-corrected chi connectivity index (χ1v) is 9.21. The van der Waals surface area contributed by atoms with Gasteiger partial charge in [0.1, 0.15) is 0 Å². The summed E-state index contributed by atoms with van der Waals surface area (Å²) in [7, 11) is 4.04. The van der Waals surface area contributed by atoms with Crippen LogP contribution in [0.4, 0.5) is 5.82 Å². The number of fused-ring (bicyclic) bond motifs is 1. The average molecular weight is 329 g/mol. The fourth-order valence-corrected chi connectivity index (χ4v) is 4.18. The lowest BCUT2D eigenvalue weighted by Crippen LogP contribution is -2.62. The van der Waals surface area contributed by atoms with Crippen LogP contribution in [0.3, 0.4) is 0 Å². The van der Waals surface area contributed by atoms with Crippen LogP contribution in [0.5, 0.6) is 0 Å². The van der Waals surface area contributed by atoms with Gasteiger partial charge in [-0.25, -0.2) is 0 Å². The van der Waals surface area contributed by atoms with E-state index in [2.05, 4.69) is 33.1 Å². The second-order valence-electron chi connectivity index (χ2n) is 7.52. The van der Waals surface area contributed by atoms with Crippen molar-refractivity contribution in [3.63, 3.8) is 0 Å². The highest BCUT2D eigenvalue weighted by molar-refractivity contribution is 5.82. The second kappa shape index (κ2) is 6.31. The number of likely N-dealkylation sites (tertiary alicyclic amines) is 1. The molecule has 6 nitrogen and oxygen atoms in total. The van der Waals surface area contributed by atoms with Gasteiger partial charge in [-0.05, 0) is 57.2 Å². The Morgan fingerprint density at radius 3 is 2.83 bits per heavy atom. The Hall–Kier alpha value is -1.69. The molecular formula is C18H27N5O. The van der Waals surface area contributed by atoms with Crippen LogP contribution in [0.25, 0.3) is 0 Å². The number of rotatable bonds is 3. The maximum Gasteiger partial charge on any atom is 0.239 e. The van der Waals surface area contributed by atoms with Gasteiger partial charge in [-0.1, -0.05) is 0 Å². The summed E-state index contributed by atoms with van der Waals surface area (Å²) in [6.45, 7) is 2.78. The molecule has 6 heteroatoms. The molecule has 2 aliphatic heterocycles. The first-order valence-electron chi connectivity index (χ1n) is 9.21. The molecular weight excluding hydrogens is 302 g/mol. The fourth-order valence-electron chi connectivity index (χ4n) is 4.18. The van der Waals surface area contributed by atoms with E-state index in [4.69, 9.17) is 0 Å². The van der Waals surface area contributed by atoms with E-state index in [-0.39, 0.29) is 11.9 Å². The molecule has 1 amide bonds. The van der Waals surface area contributed by atoms with Gasteiger partial charge in [0.2, 0.25) is 5.91 Å². The predicted molar refractivity (Wildman–Crippen MR) is 93.1 cm³/mol. The number of anilines is 1. The van der Waals surface area contributed by atoms with Gasteiger partial charge in [0.15, 0.2) is 5.82 Å². The molecule has 2 fully saturated rings. The number of carbonyl (C=O) groups excluding carboxylic acids is 1. The molecule has 0 spiro atoms. The van der Waals surface area contributed by atoms with Crippen LogP contribution in [-0.2, 0) is 17.6 Å². The lowest BCUT2D eigenvalue weighted by atomic mass is 10.0. The number of carbonyl (C=O) groups is 1. The molecule has 0 radical (unpaired) electrons. The van der Waals surface area contributed by atoms with Gasteiger partial charge in [-0.15, -0.1) is 5.10 Å². The molecule has 1 unspecified atom stereocenters. The Bertz CT molecular complexity index is 628. The normalized spacial score (nSPS) is 25.0. The van der Waals surface area contributed by atoms with Crippen molar-refractivity contribution in [2.75, 3.05) is 38.6 Å². The lowest BCUT2D eigenvalue weighted by molar-refractivity contribution is -0.135. The zero-order chi connectivity index (χ0) is 16.7. The molecule has 1 aromatic heterocycles. The minimum Gasteiger partial charge on any atom is -0.352 e. The summed E-state index contributed by atoms with van der Waals surface area (Å²) in [5.41, 5.74) is 2.55. The monoisotopic (exact) mass is 329 g/mol. The molecule has 3 aliphatic rings. The Morgan fingerprint density at radius 1 is 1.17 bits per heavy atom. The number of nitrogens with zero attached hydrogens (tertiary/aromatic N) is 5. The first-order chi connectivity index (χ1) is 11.6. The maximum absolute atomic E-state index is 12.6. The van der Waals surface area contributed by atoms with E-state index in [0.717, 1.165) is 57.6 Å². The average Bonchev–Trinajstić information content (AvgIpc) is 2.93. The van der Waals surface area contributed by atoms with Gasteiger partial charge in [0.05, 0.1) is 11.7 Å². The Kier molecular flexibility index (Phi) is 4.16. The molecule has 1 atom stereocenters. The quantitative estimate of drug-likeness (QED) is 0.831. The smallest absolute Gasteiger partial charge is 0.239 e. The van der Waals surface area contributed by atoms with E-state index in [9.17, 15) is 4.79 Å². The number of likely N-dealkylation sites (N-methyl/N-ethyl adjacent to an activating group) is 2. The molecule has 0 saturated carbocycles. The van der Waals surface area contributed by atoms with E-state index in [1.807, 2.05) is 11.9 Å². The summed E-state index contributed by atoms with van der Waals surface area (Å²) in [4.78, 5) is 19.0. The summed E-state index contributed by atoms with van der Waals surface area (Å²) in [5.74, 6) is 1.29. The molecule has 0 aromatic carbocycles. The third-order valence-electron chi connectivity index (χ3n) is 5.94. The van der Waals surface area contributed by atoms with Crippen LogP contribution < -0.4 is 4.90 Å². The largest absolute Gasteiger partial charge is 0.352 e. The molecule has 4 rings (SSSR count). The molecule has 130 valence electrons. The Balaban J connectivity index is 1.39. The SMILES string of the molecule is CN1CCCCC(N(C)C2CN(c3cc4c(nn3)CCC4)C2)C1=O. The number of aryl methyl sites for hydroxylation is 2. The van der Waals surface area contributed by atoms with Crippen molar-refractivity contribution in [3.8, 4) is 0 Å². The molecule has 2 saturated heterocycles. The summed E-state index contributed by atoms with van der Waals surface area (Å²) in [6.07, 6.45) is 6.65. The second-order valence-corrected chi connectivity index (χ2v) is 7.52. The molecule has 24 heavy (non-hydrogen) atoms. The van der Waals surface area contributed by atoms with Crippen molar-refractivity contribution < 1.29 is 4.79 Å². The first kappa shape index (κ1) is 15.8. The minimum atomic E-state index is 0.0377. The third-order valence-corrected chi connectivity index (χ3v) is 5.94. The molecule has 1 aromatic rings. The number of hydrogen-bond acceptors (Lipinski definition) is 5. The van der Waals surface area contributed by atoms with Crippen molar-refractivity contribution in [1.82, 2.24) is 20.0 Å². The zero-order valence-corrected chi connectivity index (χ0v) is 14.7. The summed E-state index contributed by atoms with van der Waals surface area (Å²) in [6, 6.07) is 2.69. The molecule has 0 N–H and O–H groups in total. The highest BCUT2D eigenvalue weighted by Gasteiger charge is 2.38. The van der Waals surface area contributed by atoms with Crippen molar-refractivity contribution in [2.24, 2.45) is 0 Å². The van der Waals surface area contributed by atoms with Gasteiger partial charge in [0, 0.05) is 32.7 Å². The van der Waals surface area contributed by atoms with Crippen molar-refractivity contribution in [2.45, 2.75) is 50.6 Å². The predicted octanol–water partition coefficient (Wildman–Crippen LogP) is 1.10. The van der Waals surface area contributed by atoms with E-state index in [1.165, 1.54) is 17.7 Å². The maximum atomic E-state index is 12.6. The van der Waals surface area contributed by atoms with Gasteiger partial charge in [-0.2, -0.15) is 5.10 Å². The van der Waals surface area contributed by atoms with Gasteiger partial charge in [0.25, 0.3) is 0 Å². The van der Waals surface area contributed by atoms with Crippen LogP contribution in [-0.4, -0.2) is 71.7 Å². The summed E-state index contributed by atoms with van der Waals surface area (Å²) >= 11 is 0. The van der Waals surface area contributed by atoms with E-state index >= 15 is 0 Å². The summed E-state index contributed by atoms with van der Waals surface area (Å²) < 4.78 is 0. The topological polar surface area (TPSA) is 52.6 Å². The number of aromatic nitrogens is 2. The van der Waals surface area contributed by atoms with Crippen molar-refractivity contribution in [3.05, 3.63) is 17.3 Å². The van der Waals surface area contributed by atoms with Crippen LogP contribution in [0.15, 0.2) is 6.07 Å². The lowest BCUT2D eigenvalue weighted by Gasteiger charge is -2.46. The van der Waals surface area contributed by atoms with E-state index in [0.29, 0.717) is 6.04 Å². The minimum absolute atomic E-state index is 0.0377. The Labute approximate surface area is 143 Å². The van der Waals surface area contributed by atoms with Crippen molar-refractivity contribution in [1.29, 1.82) is 0 Å². The van der Waals surface area contributed by atoms with Crippen LogP contribution in [0.2, 0.25) is 0 Å². The highest BCUT2D eigenvalue weighted by Crippen LogP contribution is 2.28. The number of amides is 1. The third kappa shape index (κ3) is 2.77. The highest BCUT2D eigenvalue weighted by atomic mass is 16.2. The van der Waals surface area contributed by atoms with Crippen molar-refractivity contribution >= 4 is 11.7 Å². The number of hydrogen-bond donors (Lipinski definition) is 0. The fraction of sp³-hybridized carbons (Fsp3) is 0.722. The summed E-state index contributed by atoms with van der Waals surface area (Å²) in [5, 5.41) is 8.79. The standard InChI is InChI=1S/C18H27N5O/c1-21-9-4-3-8-16(18(21)24)22(2)14-11-23(12-14)17-10-13-6-5-7-15(13)19-20-17/h10,14,16H,3-9,11-12H2,1-2H3. The molecule has 0 bridgehead atoms. The van der Waals surface area contributed by atoms with E-state index < -0.39 is 0 Å². The zero-order valence-electron chi connectivity index (χ0n) is 14.7. The van der Waals surface area contributed by atoms with Crippen LogP contribution >= 0.6 is 0 Å².